The van der Waals surface area contributed by atoms with Crippen LogP contribution in [0.1, 0.15) is 19.3 Å². The second-order valence-corrected chi connectivity index (χ2v) is 7.33. The lowest BCUT2D eigenvalue weighted by Crippen LogP contribution is -2.56. The summed E-state index contributed by atoms with van der Waals surface area (Å²) in [5.41, 5.74) is 0.387. The Morgan fingerprint density at radius 2 is 2.12 bits per heavy atom. The SMILES string of the molecule is CN(C)C1(CNC(=O)C2CC(=O)N(c3cccc(F)c3)C2)CCOCC1. The zero-order valence-electron chi connectivity index (χ0n) is 15.3. The number of ether oxygens (including phenoxy) is 1. The van der Waals surface area contributed by atoms with Crippen LogP contribution in [0.4, 0.5) is 10.1 Å². The molecule has 1 aromatic rings. The van der Waals surface area contributed by atoms with Gasteiger partial charge < -0.3 is 19.9 Å². The summed E-state index contributed by atoms with van der Waals surface area (Å²) in [5, 5.41) is 3.03. The highest BCUT2D eigenvalue weighted by Crippen LogP contribution is 2.27. The van der Waals surface area contributed by atoms with Crippen molar-refractivity contribution < 1.29 is 18.7 Å². The molecule has 3 rings (SSSR count). The third-order valence-corrected chi connectivity index (χ3v) is 5.58. The van der Waals surface area contributed by atoms with Crippen molar-refractivity contribution in [2.24, 2.45) is 5.92 Å². The standard InChI is InChI=1S/C19H26FN3O3/c1-22(2)19(6-8-26-9-7-19)13-21-18(25)14-10-17(24)23(12-14)16-5-3-4-15(20)11-16/h3-5,11,14H,6-10,12-13H2,1-2H3,(H,21,25). The first-order valence-corrected chi connectivity index (χ1v) is 9.00. The van der Waals surface area contributed by atoms with Gasteiger partial charge in [0.25, 0.3) is 0 Å². The molecule has 2 aliphatic heterocycles. The Bertz CT molecular complexity index is 674. The van der Waals surface area contributed by atoms with Crippen LogP contribution in [0, 0.1) is 11.7 Å². The van der Waals surface area contributed by atoms with Gasteiger partial charge in [-0.1, -0.05) is 6.07 Å². The Balaban J connectivity index is 1.61. The van der Waals surface area contributed by atoms with Gasteiger partial charge in [0.2, 0.25) is 11.8 Å². The summed E-state index contributed by atoms with van der Waals surface area (Å²) in [6.07, 6.45) is 1.87. The zero-order chi connectivity index (χ0) is 18.7. The van der Waals surface area contributed by atoms with Crippen LogP contribution in [0.2, 0.25) is 0 Å². The van der Waals surface area contributed by atoms with Gasteiger partial charge in [0.1, 0.15) is 5.82 Å². The fourth-order valence-corrected chi connectivity index (χ4v) is 3.71. The third-order valence-electron chi connectivity index (χ3n) is 5.58. The maximum Gasteiger partial charge on any atom is 0.227 e. The highest BCUT2D eigenvalue weighted by Gasteiger charge is 2.38. The number of carbonyl (C=O) groups excluding carboxylic acids is 2. The van der Waals surface area contributed by atoms with Crippen LogP contribution in [0.15, 0.2) is 24.3 Å². The smallest absolute Gasteiger partial charge is 0.227 e. The summed E-state index contributed by atoms with van der Waals surface area (Å²) in [7, 11) is 4.03. The number of halogens is 1. The molecule has 2 amide bonds. The van der Waals surface area contributed by atoms with Crippen LogP contribution >= 0.6 is 0 Å². The fraction of sp³-hybridized carbons (Fsp3) is 0.579. The van der Waals surface area contributed by atoms with E-state index in [0.29, 0.717) is 25.4 Å². The minimum absolute atomic E-state index is 0.112. The lowest BCUT2D eigenvalue weighted by Gasteiger charge is -2.43. The van der Waals surface area contributed by atoms with E-state index in [1.165, 1.54) is 17.0 Å². The minimum atomic E-state index is -0.412. The van der Waals surface area contributed by atoms with Crippen LogP contribution in [0.25, 0.3) is 0 Å². The second kappa shape index (κ2) is 7.72. The van der Waals surface area contributed by atoms with Gasteiger partial charge in [-0.3, -0.25) is 9.59 Å². The Morgan fingerprint density at radius 3 is 2.77 bits per heavy atom. The number of carbonyl (C=O) groups is 2. The highest BCUT2D eigenvalue weighted by molar-refractivity contribution is 6.00. The molecule has 2 fully saturated rings. The average molecular weight is 363 g/mol. The molecule has 0 bridgehead atoms. The minimum Gasteiger partial charge on any atom is -0.381 e. The molecular formula is C19H26FN3O3. The van der Waals surface area contributed by atoms with Gasteiger partial charge in [-0.15, -0.1) is 0 Å². The maximum absolute atomic E-state index is 13.4. The van der Waals surface area contributed by atoms with Gasteiger partial charge in [-0.2, -0.15) is 0 Å². The quantitative estimate of drug-likeness (QED) is 0.859. The number of benzene rings is 1. The van der Waals surface area contributed by atoms with E-state index in [1.807, 2.05) is 14.1 Å². The van der Waals surface area contributed by atoms with Crippen LogP contribution < -0.4 is 10.2 Å². The largest absolute Gasteiger partial charge is 0.381 e. The van der Waals surface area contributed by atoms with Crippen LogP contribution in [-0.2, 0) is 14.3 Å². The number of nitrogens with one attached hydrogen (secondary N) is 1. The van der Waals surface area contributed by atoms with Crippen molar-refractivity contribution in [3.8, 4) is 0 Å². The summed E-state index contributed by atoms with van der Waals surface area (Å²) in [6.45, 7) is 2.19. The molecule has 1 unspecified atom stereocenters. The molecule has 0 aromatic heterocycles. The summed E-state index contributed by atoms with van der Waals surface area (Å²) in [5.74, 6) is -1.07. The molecule has 142 valence electrons. The summed E-state index contributed by atoms with van der Waals surface area (Å²) in [6, 6.07) is 5.91. The lowest BCUT2D eigenvalue weighted by atomic mass is 9.88. The molecule has 0 radical (unpaired) electrons. The van der Waals surface area contributed by atoms with Gasteiger partial charge in [0.15, 0.2) is 0 Å². The van der Waals surface area contributed by atoms with E-state index in [0.717, 1.165) is 12.8 Å². The maximum atomic E-state index is 13.4. The number of hydrogen-bond acceptors (Lipinski definition) is 4. The zero-order valence-corrected chi connectivity index (χ0v) is 15.3. The van der Waals surface area contributed by atoms with Gasteiger partial charge in [-0.25, -0.2) is 4.39 Å². The van der Waals surface area contributed by atoms with Crippen LogP contribution in [-0.4, -0.2) is 62.7 Å². The van der Waals surface area contributed by atoms with Crippen molar-refractivity contribution in [1.82, 2.24) is 10.2 Å². The first-order chi connectivity index (χ1) is 12.4. The Labute approximate surface area is 153 Å². The van der Waals surface area contributed by atoms with Crippen LogP contribution in [0.5, 0.6) is 0 Å². The first-order valence-electron chi connectivity index (χ1n) is 9.00. The molecule has 1 aromatic carbocycles. The number of amides is 2. The van der Waals surface area contributed by atoms with Gasteiger partial charge in [0, 0.05) is 44.0 Å². The van der Waals surface area contributed by atoms with Gasteiger partial charge in [0.05, 0.1) is 5.92 Å². The average Bonchev–Trinajstić information content (AvgIpc) is 3.02. The van der Waals surface area contributed by atoms with E-state index < -0.39 is 11.7 Å². The molecule has 0 aliphatic carbocycles. The molecule has 26 heavy (non-hydrogen) atoms. The molecular weight excluding hydrogens is 337 g/mol. The second-order valence-electron chi connectivity index (χ2n) is 7.33. The van der Waals surface area contributed by atoms with Crippen LogP contribution in [0.3, 0.4) is 0 Å². The summed E-state index contributed by atoms with van der Waals surface area (Å²) in [4.78, 5) is 28.5. The van der Waals surface area contributed by atoms with E-state index in [9.17, 15) is 14.0 Å². The molecule has 6 nitrogen and oxygen atoms in total. The summed E-state index contributed by atoms with van der Waals surface area (Å²) < 4.78 is 18.9. The van der Waals surface area contributed by atoms with Crippen molar-refractivity contribution in [1.29, 1.82) is 0 Å². The van der Waals surface area contributed by atoms with Crippen molar-refractivity contribution in [2.45, 2.75) is 24.8 Å². The van der Waals surface area contributed by atoms with Crippen molar-refractivity contribution in [3.05, 3.63) is 30.1 Å². The lowest BCUT2D eigenvalue weighted by molar-refractivity contribution is -0.127. The van der Waals surface area contributed by atoms with Crippen molar-refractivity contribution in [2.75, 3.05) is 45.3 Å². The molecule has 1 N–H and O–H groups in total. The number of hydrogen-bond donors (Lipinski definition) is 1. The van der Waals surface area contributed by atoms with Crippen molar-refractivity contribution >= 4 is 17.5 Å². The monoisotopic (exact) mass is 363 g/mol. The normalized spacial score (nSPS) is 22.7. The molecule has 0 saturated carbocycles. The third kappa shape index (κ3) is 3.88. The number of rotatable bonds is 5. The van der Waals surface area contributed by atoms with Crippen molar-refractivity contribution in [3.63, 3.8) is 0 Å². The first kappa shape index (κ1) is 18.8. The predicted molar refractivity (Wildman–Crippen MR) is 96.3 cm³/mol. The topological polar surface area (TPSA) is 61.9 Å². The summed E-state index contributed by atoms with van der Waals surface area (Å²) >= 11 is 0. The fourth-order valence-electron chi connectivity index (χ4n) is 3.71. The molecule has 2 saturated heterocycles. The number of likely N-dealkylation sites (N-methyl/N-ethyl adjacent to an activating group) is 1. The molecule has 7 heteroatoms. The molecule has 2 aliphatic rings. The Kier molecular flexibility index (Phi) is 5.58. The molecule has 0 spiro atoms. The van der Waals surface area contributed by atoms with Gasteiger partial charge >= 0.3 is 0 Å². The molecule has 1 atom stereocenters. The van der Waals surface area contributed by atoms with E-state index in [1.54, 1.807) is 12.1 Å². The Hall–Kier alpha value is -1.99. The number of anilines is 1. The Morgan fingerprint density at radius 1 is 1.38 bits per heavy atom. The molecule has 2 heterocycles. The predicted octanol–water partition coefficient (Wildman–Crippen LogP) is 1.41. The van der Waals surface area contributed by atoms with E-state index in [-0.39, 0.29) is 30.3 Å². The number of nitrogens with zero attached hydrogens (tertiary/aromatic N) is 2. The van der Waals surface area contributed by atoms with E-state index >= 15 is 0 Å². The van der Waals surface area contributed by atoms with Gasteiger partial charge in [-0.05, 0) is 45.1 Å². The highest BCUT2D eigenvalue weighted by atomic mass is 19.1. The van der Waals surface area contributed by atoms with E-state index in [4.69, 9.17) is 4.74 Å². The van der Waals surface area contributed by atoms with E-state index in [2.05, 4.69) is 10.2 Å².